The van der Waals surface area contributed by atoms with Crippen molar-refractivity contribution in [1.82, 2.24) is 9.71 Å². The Morgan fingerprint density at radius 3 is 2.88 bits per heavy atom. The fourth-order valence-corrected chi connectivity index (χ4v) is 3.56. The van der Waals surface area contributed by atoms with Gasteiger partial charge in [-0.3, -0.25) is 0 Å². The summed E-state index contributed by atoms with van der Waals surface area (Å²) >= 11 is 0. The number of benzene rings is 2. The summed E-state index contributed by atoms with van der Waals surface area (Å²) in [7, 11) is -3.61. The molecular weight excluding hydrogens is 332 g/mol. The van der Waals surface area contributed by atoms with Gasteiger partial charge < -0.3 is 13.9 Å². The first kappa shape index (κ1) is 15.0. The van der Waals surface area contributed by atoms with Gasteiger partial charge >= 0.3 is 0 Å². The Bertz CT molecular complexity index is 997. The lowest BCUT2D eigenvalue weighted by atomic mass is 10.1. The molecule has 1 N–H and O–H groups in total. The van der Waals surface area contributed by atoms with Crippen molar-refractivity contribution < 1.29 is 22.3 Å². The highest BCUT2D eigenvalue weighted by molar-refractivity contribution is 7.89. The minimum atomic E-state index is -3.61. The van der Waals surface area contributed by atoms with Crippen LogP contribution in [0.4, 0.5) is 0 Å². The van der Waals surface area contributed by atoms with Gasteiger partial charge in [-0.05, 0) is 36.2 Å². The lowest BCUT2D eigenvalue weighted by Crippen LogP contribution is -2.26. The number of aromatic nitrogens is 1. The third-order valence-corrected chi connectivity index (χ3v) is 5.21. The van der Waals surface area contributed by atoms with Gasteiger partial charge in [-0.1, -0.05) is 6.07 Å². The number of hydrogen-bond donors (Lipinski definition) is 1. The molecule has 0 bridgehead atoms. The van der Waals surface area contributed by atoms with Crippen molar-refractivity contribution >= 4 is 21.1 Å². The maximum Gasteiger partial charge on any atom is 0.240 e. The maximum atomic E-state index is 12.4. The highest BCUT2D eigenvalue weighted by atomic mass is 32.2. The summed E-state index contributed by atoms with van der Waals surface area (Å²) in [4.78, 5) is 4.20. The van der Waals surface area contributed by atoms with E-state index in [2.05, 4.69) is 9.71 Å². The van der Waals surface area contributed by atoms with Crippen LogP contribution < -0.4 is 14.2 Å². The molecule has 1 aliphatic heterocycles. The van der Waals surface area contributed by atoms with Crippen LogP contribution in [0.2, 0.25) is 0 Å². The molecule has 0 aliphatic carbocycles. The summed E-state index contributed by atoms with van der Waals surface area (Å²) in [6.07, 6.45) is 1.93. The number of nitrogens with zero attached hydrogens (tertiary/aromatic N) is 1. The molecule has 0 atom stereocenters. The van der Waals surface area contributed by atoms with Crippen molar-refractivity contribution in [2.75, 3.05) is 13.3 Å². The number of fused-ring (bicyclic) bond motifs is 2. The Balaban J connectivity index is 1.44. The zero-order valence-electron chi connectivity index (χ0n) is 12.6. The number of sulfonamides is 1. The van der Waals surface area contributed by atoms with Crippen LogP contribution >= 0.6 is 0 Å². The minimum Gasteiger partial charge on any atom is -0.454 e. The van der Waals surface area contributed by atoms with E-state index in [4.69, 9.17) is 13.9 Å². The van der Waals surface area contributed by atoms with Gasteiger partial charge in [-0.15, -0.1) is 0 Å². The highest BCUT2D eigenvalue weighted by Gasteiger charge is 2.19. The van der Waals surface area contributed by atoms with E-state index < -0.39 is 10.0 Å². The van der Waals surface area contributed by atoms with Crippen LogP contribution in [-0.2, 0) is 16.4 Å². The SMILES string of the molecule is O=S(=O)(NCCc1ccc2ncoc2c1)c1ccc2c(c1)OCO2. The molecule has 2 heterocycles. The van der Waals surface area contributed by atoms with E-state index >= 15 is 0 Å². The molecule has 0 fully saturated rings. The van der Waals surface area contributed by atoms with Crippen LogP contribution in [0, 0.1) is 0 Å². The fraction of sp³-hybridized carbons (Fsp3) is 0.188. The molecule has 24 heavy (non-hydrogen) atoms. The van der Waals surface area contributed by atoms with Crippen LogP contribution in [0.5, 0.6) is 11.5 Å². The normalized spacial score (nSPS) is 13.5. The molecule has 3 aromatic rings. The van der Waals surface area contributed by atoms with E-state index in [0.717, 1.165) is 11.1 Å². The van der Waals surface area contributed by atoms with Crippen LogP contribution in [0.3, 0.4) is 0 Å². The smallest absolute Gasteiger partial charge is 0.240 e. The van der Waals surface area contributed by atoms with E-state index in [1.54, 1.807) is 6.07 Å². The van der Waals surface area contributed by atoms with Crippen LogP contribution in [0.25, 0.3) is 11.1 Å². The van der Waals surface area contributed by atoms with Gasteiger partial charge in [-0.25, -0.2) is 18.1 Å². The molecule has 0 radical (unpaired) electrons. The van der Waals surface area contributed by atoms with E-state index in [-0.39, 0.29) is 18.2 Å². The van der Waals surface area contributed by atoms with Crippen molar-refractivity contribution in [2.24, 2.45) is 0 Å². The Hall–Kier alpha value is -2.58. The topological polar surface area (TPSA) is 90.7 Å². The predicted octanol–water partition coefficient (Wildman–Crippen LogP) is 2.08. The summed E-state index contributed by atoms with van der Waals surface area (Å²) in [5.74, 6) is 0.989. The zero-order valence-corrected chi connectivity index (χ0v) is 13.4. The maximum absolute atomic E-state index is 12.4. The number of rotatable bonds is 5. The molecule has 8 heteroatoms. The second-order valence-corrected chi connectivity index (χ2v) is 7.08. The Labute approximate surface area is 138 Å². The van der Waals surface area contributed by atoms with Gasteiger partial charge in [0, 0.05) is 12.6 Å². The van der Waals surface area contributed by atoms with Crippen LogP contribution in [0.1, 0.15) is 5.56 Å². The summed E-state index contributed by atoms with van der Waals surface area (Å²) < 4.78 is 42.9. The van der Waals surface area contributed by atoms with Crippen molar-refractivity contribution in [2.45, 2.75) is 11.3 Å². The number of oxazole rings is 1. The molecule has 4 rings (SSSR count). The average Bonchev–Trinajstić information content (AvgIpc) is 3.22. The summed E-state index contributed by atoms with van der Waals surface area (Å²) in [6, 6.07) is 10.2. The average molecular weight is 346 g/mol. The molecule has 0 spiro atoms. The van der Waals surface area contributed by atoms with Crippen LogP contribution in [0.15, 0.2) is 52.1 Å². The van der Waals surface area contributed by atoms with Crippen molar-refractivity contribution in [3.8, 4) is 11.5 Å². The molecule has 1 aliphatic rings. The van der Waals surface area contributed by atoms with Gasteiger partial charge in [0.1, 0.15) is 5.52 Å². The molecule has 1 aromatic heterocycles. The predicted molar refractivity (Wildman–Crippen MR) is 85.5 cm³/mol. The largest absolute Gasteiger partial charge is 0.454 e. The minimum absolute atomic E-state index is 0.108. The second-order valence-electron chi connectivity index (χ2n) is 5.32. The fourth-order valence-electron chi connectivity index (χ4n) is 2.51. The third kappa shape index (κ3) is 2.81. The number of ether oxygens (including phenoxy) is 2. The Morgan fingerprint density at radius 1 is 1.08 bits per heavy atom. The zero-order chi connectivity index (χ0) is 16.6. The van der Waals surface area contributed by atoms with Crippen molar-refractivity contribution in [1.29, 1.82) is 0 Å². The standard InChI is InChI=1S/C16H14N2O5S/c19-24(20,12-2-4-14-16(8-12)23-10-22-14)18-6-5-11-1-3-13-15(7-11)21-9-17-13/h1-4,7-9,18H,5-6,10H2. The molecule has 7 nitrogen and oxygen atoms in total. The third-order valence-electron chi connectivity index (χ3n) is 3.76. The van der Waals surface area contributed by atoms with Crippen LogP contribution in [-0.4, -0.2) is 26.7 Å². The molecule has 2 aromatic carbocycles. The van der Waals surface area contributed by atoms with Crippen molar-refractivity contribution in [3.63, 3.8) is 0 Å². The van der Waals surface area contributed by atoms with Gasteiger partial charge in [0.2, 0.25) is 16.8 Å². The molecule has 0 saturated heterocycles. The van der Waals surface area contributed by atoms with E-state index in [1.165, 1.54) is 18.5 Å². The van der Waals surface area contributed by atoms with E-state index in [1.807, 2.05) is 18.2 Å². The van der Waals surface area contributed by atoms with Gasteiger partial charge in [0.05, 0.1) is 4.90 Å². The summed E-state index contributed by atoms with van der Waals surface area (Å²) in [5.41, 5.74) is 2.43. The second kappa shape index (κ2) is 5.81. The lowest BCUT2D eigenvalue weighted by Gasteiger charge is -2.07. The molecule has 124 valence electrons. The monoisotopic (exact) mass is 346 g/mol. The quantitative estimate of drug-likeness (QED) is 0.761. The highest BCUT2D eigenvalue weighted by Crippen LogP contribution is 2.33. The molecule has 0 unspecified atom stereocenters. The number of hydrogen-bond acceptors (Lipinski definition) is 6. The summed E-state index contributed by atoms with van der Waals surface area (Å²) in [5, 5.41) is 0. The van der Waals surface area contributed by atoms with Crippen molar-refractivity contribution in [3.05, 3.63) is 48.4 Å². The summed E-state index contributed by atoms with van der Waals surface area (Å²) in [6.45, 7) is 0.382. The first-order valence-corrected chi connectivity index (χ1v) is 8.82. The van der Waals surface area contributed by atoms with E-state index in [0.29, 0.717) is 23.5 Å². The first-order valence-electron chi connectivity index (χ1n) is 7.33. The number of nitrogens with one attached hydrogen (secondary N) is 1. The molecule has 0 amide bonds. The van der Waals surface area contributed by atoms with Gasteiger partial charge in [0.15, 0.2) is 23.5 Å². The van der Waals surface area contributed by atoms with Gasteiger partial charge in [0.25, 0.3) is 0 Å². The Morgan fingerprint density at radius 2 is 1.96 bits per heavy atom. The molecular formula is C16H14N2O5S. The first-order chi connectivity index (χ1) is 11.6. The van der Waals surface area contributed by atoms with E-state index in [9.17, 15) is 8.42 Å². The lowest BCUT2D eigenvalue weighted by molar-refractivity contribution is 0.174. The molecule has 0 saturated carbocycles. The van der Waals surface area contributed by atoms with Gasteiger partial charge in [-0.2, -0.15) is 0 Å². The Kier molecular flexibility index (Phi) is 3.62.